The molecule has 1 aromatic heterocycles. The molecule has 3 rings (SSSR count). The van der Waals surface area contributed by atoms with Crippen LogP contribution >= 0.6 is 0 Å². The van der Waals surface area contributed by atoms with Crippen molar-refractivity contribution in [2.45, 2.75) is 6.92 Å². The van der Waals surface area contributed by atoms with E-state index in [1.54, 1.807) is 16.8 Å². The van der Waals surface area contributed by atoms with E-state index in [0.29, 0.717) is 5.82 Å². The smallest absolute Gasteiger partial charge is 0.135 e. The van der Waals surface area contributed by atoms with E-state index in [2.05, 4.69) is 5.10 Å². The second-order valence-corrected chi connectivity index (χ2v) is 4.60. The summed E-state index contributed by atoms with van der Waals surface area (Å²) in [4.78, 5) is 0. The number of halogens is 1. The molecular formula is C16H14FN3. The van der Waals surface area contributed by atoms with Gasteiger partial charge in [-0.25, -0.2) is 9.07 Å². The number of anilines is 1. The molecule has 0 amide bonds. The quantitative estimate of drug-likeness (QED) is 0.771. The van der Waals surface area contributed by atoms with Gasteiger partial charge in [-0.15, -0.1) is 0 Å². The van der Waals surface area contributed by atoms with Crippen LogP contribution in [0, 0.1) is 12.7 Å². The van der Waals surface area contributed by atoms with Crippen LogP contribution in [0.2, 0.25) is 0 Å². The van der Waals surface area contributed by atoms with Crippen molar-refractivity contribution in [3.63, 3.8) is 0 Å². The maximum absolute atomic E-state index is 13.0. The van der Waals surface area contributed by atoms with E-state index in [1.807, 2.05) is 37.3 Å². The largest absolute Gasteiger partial charge is 0.383 e. The van der Waals surface area contributed by atoms with Gasteiger partial charge in [-0.2, -0.15) is 5.10 Å². The van der Waals surface area contributed by atoms with Crippen LogP contribution in [-0.2, 0) is 0 Å². The minimum absolute atomic E-state index is 0.278. The fourth-order valence-corrected chi connectivity index (χ4v) is 2.29. The highest BCUT2D eigenvalue weighted by atomic mass is 19.1. The molecule has 0 fully saturated rings. The Morgan fingerprint density at radius 2 is 1.65 bits per heavy atom. The van der Waals surface area contributed by atoms with Crippen molar-refractivity contribution in [3.8, 4) is 16.8 Å². The third-order valence-corrected chi connectivity index (χ3v) is 3.23. The highest BCUT2D eigenvalue weighted by Crippen LogP contribution is 2.30. The number of benzene rings is 2. The lowest BCUT2D eigenvalue weighted by atomic mass is 10.1. The molecule has 2 aromatic carbocycles. The van der Waals surface area contributed by atoms with Crippen LogP contribution in [0.4, 0.5) is 10.2 Å². The van der Waals surface area contributed by atoms with Crippen LogP contribution in [-0.4, -0.2) is 9.78 Å². The summed E-state index contributed by atoms with van der Waals surface area (Å²) in [6.45, 7) is 1.92. The average molecular weight is 267 g/mol. The van der Waals surface area contributed by atoms with E-state index in [-0.39, 0.29) is 5.82 Å². The number of nitrogens with two attached hydrogens (primary N) is 1. The van der Waals surface area contributed by atoms with Crippen molar-refractivity contribution in [2.75, 3.05) is 5.73 Å². The molecule has 1 heterocycles. The number of aromatic nitrogens is 2. The van der Waals surface area contributed by atoms with Crippen molar-refractivity contribution < 1.29 is 4.39 Å². The van der Waals surface area contributed by atoms with Crippen LogP contribution in [0.1, 0.15) is 5.69 Å². The first kappa shape index (κ1) is 12.4. The lowest BCUT2D eigenvalue weighted by Gasteiger charge is -2.05. The van der Waals surface area contributed by atoms with Crippen LogP contribution in [0.5, 0.6) is 0 Å². The summed E-state index contributed by atoms with van der Waals surface area (Å²) < 4.78 is 14.6. The first-order valence-corrected chi connectivity index (χ1v) is 6.33. The van der Waals surface area contributed by atoms with Gasteiger partial charge in [0.1, 0.15) is 11.6 Å². The molecule has 0 bridgehead atoms. The zero-order chi connectivity index (χ0) is 14.1. The summed E-state index contributed by atoms with van der Waals surface area (Å²) in [6, 6.07) is 16.0. The lowest BCUT2D eigenvalue weighted by molar-refractivity contribution is 0.627. The average Bonchev–Trinajstić information content (AvgIpc) is 2.76. The highest BCUT2D eigenvalue weighted by Gasteiger charge is 2.15. The Bertz CT molecular complexity index is 730. The van der Waals surface area contributed by atoms with Crippen LogP contribution < -0.4 is 5.73 Å². The molecule has 0 atom stereocenters. The van der Waals surface area contributed by atoms with Crippen molar-refractivity contribution in [3.05, 3.63) is 66.1 Å². The van der Waals surface area contributed by atoms with Gasteiger partial charge in [0.05, 0.1) is 11.4 Å². The molecule has 100 valence electrons. The topological polar surface area (TPSA) is 43.8 Å². The first-order chi connectivity index (χ1) is 9.66. The summed E-state index contributed by atoms with van der Waals surface area (Å²) in [5.41, 5.74) is 9.74. The summed E-state index contributed by atoms with van der Waals surface area (Å²) in [5, 5.41) is 4.46. The van der Waals surface area contributed by atoms with Gasteiger partial charge < -0.3 is 5.73 Å². The van der Waals surface area contributed by atoms with E-state index in [4.69, 9.17) is 5.73 Å². The molecule has 20 heavy (non-hydrogen) atoms. The fourth-order valence-electron chi connectivity index (χ4n) is 2.29. The maximum atomic E-state index is 13.0. The molecule has 0 saturated heterocycles. The highest BCUT2D eigenvalue weighted by molar-refractivity contribution is 5.77. The molecule has 4 heteroatoms. The molecule has 0 saturated carbocycles. The Kier molecular flexibility index (Phi) is 2.99. The monoisotopic (exact) mass is 267 g/mol. The third kappa shape index (κ3) is 2.05. The van der Waals surface area contributed by atoms with Gasteiger partial charge in [-0.05, 0) is 36.8 Å². The molecule has 0 aliphatic heterocycles. The molecule has 0 aliphatic carbocycles. The van der Waals surface area contributed by atoms with Gasteiger partial charge in [-0.3, -0.25) is 0 Å². The van der Waals surface area contributed by atoms with E-state index in [0.717, 1.165) is 22.5 Å². The van der Waals surface area contributed by atoms with E-state index < -0.39 is 0 Å². The van der Waals surface area contributed by atoms with Crippen molar-refractivity contribution in [1.29, 1.82) is 0 Å². The molecule has 0 unspecified atom stereocenters. The Morgan fingerprint density at radius 1 is 1.00 bits per heavy atom. The van der Waals surface area contributed by atoms with Crippen LogP contribution in [0.25, 0.3) is 16.8 Å². The summed E-state index contributed by atoms with van der Waals surface area (Å²) in [5.74, 6) is 0.278. The number of aryl methyl sites for hydroxylation is 1. The SMILES string of the molecule is Cc1nn(-c2ccc(F)cc2)c(N)c1-c1ccccc1. The number of nitrogens with zero attached hydrogens (tertiary/aromatic N) is 2. The Morgan fingerprint density at radius 3 is 2.30 bits per heavy atom. The second-order valence-electron chi connectivity index (χ2n) is 4.60. The van der Waals surface area contributed by atoms with Crippen LogP contribution in [0.15, 0.2) is 54.6 Å². The van der Waals surface area contributed by atoms with Gasteiger partial charge in [0.2, 0.25) is 0 Å². The fraction of sp³-hybridized carbons (Fsp3) is 0.0625. The van der Waals surface area contributed by atoms with Crippen molar-refractivity contribution >= 4 is 5.82 Å². The number of rotatable bonds is 2. The first-order valence-electron chi connectivity index (χ1n) is 6.33. The standard InChI is InChI=1S/C16H14FN3/c1-11-15(12-5-3-2-4-6-12)16(18)20(19-11)14-9-7-13(17)8-10-14/h2-10H,18H2,1H3. The summed E-state index contributed by atoms with van der Waals surface area (Å²) >= 11 is 0. The molecule has 0 spiro atoms. The molecule has 0 radical (unpaired) electrons. The van der Waals surface area contributed by atoms with Crippen molar-refractivity contribution in [2.24, 2.45) is 0 Å². The lowest BCUT2D eigenvalue weighted by Crippen LogP contribution is -2.02. The minimum Gasteiger partial charge on any atom is -0.383 e. The predicted octanol–water partition coefficient (Wildman–Crippen LogP) is 3.57. The molecule has 0 aliphatic rings. The normalized spacial score (nSPS) is 10.7. The number of nitrogen functional groups attached to an aromatic ring is 1. The van der Waals surface area contributed by atoms with Gasteiger partial charge >= 0.3 is 0 Å². The summed E-state index contributed by atoms with van der Waals surface area (Å²) in [7, 11) is 0. The molecular weight excluding hydrogens is 253 g/mol. The Hall–Kier alpha value is -2.62. The van der Waals surface area contributed by atoms with Gasteiger partial charge in [0.25, 0.3) is 0 Å². The van der Waals surface area contributed by atoms with E-state index in [9.17, 15) is 4.39 Å². The Labute approximate surface area is 116 Å². The van der Waals surface area contributed by atoms with Gasteiger partial charge in [0.15, 0.2) is 0 Å². The number of hydrogen-bond acceptors (Lipinski definition) is 2. The zero-order valence-electron chi connectivity index (χ0n) is 11.0. The zero-order valence-corrected chi connectivity index (χ0v) is 11.0. The van der Waals surface area contributed by atoms with E-state index >= 15 is 0 Å². The summed E-state index contributed by atoms with van der Waals surface area (Å²) in [6.07, 6.45) is 0. The van der Waals surface area contributed by atoms with Gasteiger partial charge in [0, 0.05) is 5.56 Å². The second kappa shape index (κ2) is 4.81. The number of hydrogen-bond donors (Lipinski definition) is 1. The maximum Gasteiger partial charge on any atom is 0.135 e. The predicted molar refractivity (Wildman–Crippen MR) is 78.1 cm³/mol. The molecule has 3 aromatic rings. The Balaban J connectivity index is 2.14. The van der Waals surface area contributed by atoms with E-state index in [1.165, 1.54) is 12.1 Å². The minimum atomic E-state index is -0.278. The van der Waals surface area contributed by atoms with Crippen LogP contribution in [0.3, 0.4) is 0 Å². The van der Waals surface area contributed by atoms with Crippen molar-refractivity contribution in [1.82, 2.24) is 9.78 Å². The van der Waals surface area contributed by atoms with Gasteiger partial charge in [-0.1, -0.05) is 30.3 Å². The third-order valence-electron chi connectivity index (χ3n) is 3.23. The molecule has 3 nitrogen and oxygen atoms in total. The molecule has 2 N–H and O–H groups in total.